The average molecular weight is 1390 g/mol. The van der Waals surface area contributed by atoms with E-state index >= 15 is 0 Å². The number of carbonyl (C=O) groups excluding carboxylic acids is 1. The molecule has 0 aliphatic carbocycles. The van der Waals surface area contributed by atoms with Gasteiger partial charge >= 0.3 is 0 Å². The Morgan fingerprint density at radius 1 is 0.378 bits per heavy atom. The third kappa shape index (κ3) is 39.4. The fourth-order valence-corrected chi connectivity index (χ4v) is 12.4. The highest BCUT2D eigenvalue weighted by molar-refractivity contribution is 5.76. The number of nitrogens with one attached hydrogen (secondary N) is 1. The number of hydrogen-bond acceptors (Lipinski definition) is 18. The summed E-state index contributed by atoms with van der Waals surface area (Å²) >= 11 is 0. The van der Waals surface area contributed by atoms with Crippen LogP contribution in [0.1, 0.15) is 264 Å². The van der Waals surface area contributed by atoms with Crippen molar-refractivity contribution in [1.82, 2.24) is 5.32 Å². The highest BCUT2D eigenvalue weighted by Gasteiger charge is 2.53. The summed E-state index contributed by atoms with van der Waals surface area (Å²) in [4.78, 5) is 13.4. The number of unbranched alkanes of at least 4 members (excludes halogenated alkanes) is 29. The maximum atomic E-state index is 13.4. The molecular weight excluding hydrogens is 1250 g/mol. The van der Waals surface area contributed by atoms with Crippen LogP contribution in [-0.4, -0.2) is 193 Å². The van der Waals surface area contributed by atoms with Gasteiger partial charge in [0.15, 0.2) is 18.9 Å². The van der Waals surface area contributed by atoms with Crippen molar-refractivity contribution in [3.63, 3.8) is 0 Å². The van der Waals surface area contributed by atoms with Crippen LogP contribution in [0.2, 0.25) is 0 Å². The van der Waals surface area contributed by atoms with Crippen molar-refractivity contribution in [3.8, 4) is 0 Å². The monoisotopic (exact) mass is 1390 g/mol. The number of aliphatic hydroxyl groups is 11. The Bertz CT molecular complexity index is 2150. The zero-order chi connectivity index (χ0) is 71.1. The van der Waals surface area contributed by atoms with E-state index in [2.05, 4.69) is 104 Å². The second-order valence-electron chi connectivity index (χ2n) is 27.1. The van der Waals surface area contributed by atoms with Crippen LogP contribution in [0.3, 0.4) is 0 Å². The van der Waals surface area contributed by atoms with E-state index in [-0.39, 0.29) is 18.9 Å². The molecule has 3 saturated heterocycles. The lowest BCUT2D eigenvalue weighted by molar-refractivity contribution is -0.379. The number of allylic oxidation sites excluding steroid dienone is 15. The third-order valence-electron chi connectivity index (χ3n) is 18.6. The van der Waals surface area contributed by atoms with Crippen LogP contribution in [0.25, 0.3) is 0 Å². The minimum atomic E-state index is -1.98. The maximum absolute atomic E-state index is 13.4. The van der Waals surface area contributed by atoms with Gasteiger partial charge < -0.3 is 89.9 Å². The van der Waals surface area contributed by atoms with E-state index in [0.717, 1.165) is 77.0 Å². The highest BCUT2D eigenvalue weighted by atomic mass is 16.8. The Kier molecular flexibility index (Phi) is 53.7. The van der Waals surface area contributed by atoms with E-state index < -0.39 is 124 Å². The summed E-state index contributed by atoms with van der Waals surface area (Å²) in [6.45, 7) is 1.57. The van der Waals surface area contributed by atoms with E-state index in [1.807, 2.05) is 6.08 Å². The Morgan fingerprint density at radius 2 is 0.714 bits per heavy atom. The normalized spacial score (nSPS) is 27.3. The molecule has 3 heterocycles. The molecule has 0 aromatic rings. The van der Waals surface area contributed by atoms with Crippen LogP contribution in [0.5, 0.6) is 0 Å². The van der Waals surface area contributed by atoms with Gasteiger partial charge in [-0.1, -0.05) is 265 Å². The van der Waals surface area contributed by atoms with Gasteiger partial charge in [0.25, 0.3) is 0 Å². The van der Waals surface area contributed by atoms with Crippen molar-refractivity contribution < 1.29 is 89.4 Å². The molecular formula is C79H137NO18. The minimum Gasteiger partial charge on any atom is -0.394 e. The van der Waals surface area contributed by atoms with Crippen LogP contribution >= 0.6 is 0 Å². The van der Waals surface area contributed by atoms with Crippen LogP contribution < -0.4 is 5.32 Å². The van der Waals surface area contributed by atoms with Gasteiger partial charge in [-0.3, -0.25) is 4.79 Å². The fraction of sp³-hybridized carbons (Fsp3) is 0.785. The SMILES string of the molecule is CC/C=C\C/C=C\C/C=C\C/C=C\C/C=C\CCCCCCCCCCCCCCCCCCCCCCCCCC(=O)NC(COC1OC(CO)C(OC2OC(CO)C(OC3OC(CO)C(O)C(O)C3O)C(O)C2O)C(O)C1O)C(O)/C=C/CC/C=C/CC/C=C/CCCCCC. The number of carbonyl (C=O) groups is 1. The summed E-state index contributed by atoms with van der Waals surface area (Å²) < 4.78 is 34.3. The predicted molar refractivity (Wildman–Crippen MR) is 387 cm³/mol. The number of hydrogen-bond donors (Lipinski definition) is 12. The predicted octanol–water partition coefficient (Wildman–Crippen LogP) is 12.0. The summed E-state index contributed by atoms with van der Waals surface area (Å²) in [7, 11) is 0. The molecule has 3 aliphatic rings. The van der Waals surface area contributed by atoms with Gasteiger partial charge in [-0.05, 0) is 89.9 Å². The van der Waals surface area contributed by atoms with Crippen molar-refractivity contribution in [2.45, 2.75) is 369 Å². The molecule has 0 saturated carbocycles. The number of amides is 1. The summed E-state index contributed by atoms with van der Waals surface area (Å²) in [6.07, 6.45) is 52.8. The molecule has 1 amide bonds. The Morgan fingerprint density at radius 3 is 1.14 bits per heavy atom. The summed E-state index contributed by atoms with van der Waals surface area (Å²) in [5.74, 6) is -0.289. The third-order valence-corrected chi connectivity index (χ3v) is 18.6. The molecule has 0 aromatic heterocycles. The van der Waals surface area contributed by atoms with E-state index in [1.54, 1.807) is 6.08 Å². The first-order valence-corrected chi connectivity index (χ1v) is 38.5. The molecule has 0 spiro atoms. The van der Waals surface area contributed by atoms with Gasteiger partial charge in [-0.2, -0.15) is 0 Å². The molecule has 12 N–H and O–H groups in total. The zero-order valence-corrected chi connectivity index (χ0v) is 60.2. The first-order chi connectivity index (χ1) is 47.8. The zero-order valence-electron chi connectivity index (χ0n) is 60.2. The van der Waals surface area contributed by atoms with Crippen LogP contribution in [0.4, 0.5) is 0 Å². The van der Waals surface area contributed by atoms with Gasteiger partial charge in [-0.15, -0.1) is 0 Å². The van der Waals surface area contributed by atoms with Crippen LogP contribution in [0.15, 0.2) is 97.2 Å². The molecule has 17 atom stereocenters. The summed E-state index contributed by atoms with van der Waals surface area (Å²) in [5.41, 5.74) is 0. The molecule has 0 bridgehead atoms. The Labute approximate surface area is 590 Å². The summed E-state index contributed by atoms with van der Waals surface area (Å²) in [6, 6.07) is -0.999. The lowest BCUT2D eigenvalue weighted by Gasteiger charge is -2.48. The first kappa shape index (κ1) is 88.9. The molecule has 0 radical (unpaired) electrons. The average Bonchev–Trinajstić information content (AvgIpc) is 0.785. The quantitative estimate of drug-likeness (QED) is 0.0199. The topological polar surface area (TPSA) is 307 Å². The highest BCUT2D eigenvalue weighted by Crippen LogP contribution is 2.33. The van der Waals surface area contributed by atoms with Gasteiger partial charge in [0.1, 0.15) is 73.2 Å². The summed E-state index contributed by atoms with van der Waals surface area (Å²) in [5, 5.41) is 121. The lowest BCUT2D eigenvalue weighted by Crippen LogP contribution is -2.66. The molecule has 17 unspecified atom stereocenters. The molecule has 0 aromatic carbocycles. The van der Waals surface area contributed by atoms with Crippen molar-refractivity contribution in [2.24, 2.45) is 0 Å². The van der Waals surface area contributed by atoms with Gasteiger partial charge in [0, 0.05) is 6.42 Å². The largest absolute Gasteiger partial charge is 0.394 e. The lowest BCUT2D eigenvalue weighted by atomic mass is 9.96. The number of rotatable bonds is 59. The van der Waals surface area contributed by atoms with Crippen LogP contribution in [0, 0.1) is 0 Å². The molecule has 566 valence electrons. The van der Waals surface area contributed by atoms with Gasteiger partial charge in [-0.25, -0.2) is 0 Å². The molecule has 19 heteroatoms. The van der Waals surface area contributed by atoms with Crippen molar-refractivity contribution >= 4 is 5.91 Å². The first-order valence-electron chi connectivity index (χ1n) is 38.5. The standard InChI is InChI=1S/C79H137NO18/c1-3-5-7-9-11-13-15-17-19-20-21-22-23-24-25-26-27-28-29-30-31-32-33-34-35-36-37-38-39-40-41-42-43-45-47-49-51-53-55-57-67(85)80-62(63(84)56-54-52-50-48-46-44-18-16-14-12-10-8-6-4-2)61-93-77-73(91)70(88)75(65(59-82)95-77)98-79-74(92)71(89)76(66(60-83)96-79)97-78-72(90)69(87)68(86)64(58-81)94-78/h5,7,11,13-14,16-17,19,21-22,24-25,46,48,54,56,62-66,68-79,81-84,86-92H,3-4,6,8-10,12,15,18,20,23,26-45,47,49-53,55,57-61H2,1-2H3,(H,80,85)/b7-5-,13-11-,16-14+,19-17-,22-21-,25-24-,48-46+,56-54+. The van der Waals surface area contributed by atoms with E-state index in [0.29, 0.717) is 12.8 Å². The van der Waals surface area contributed by atoms with E-state index in [1.165, 1.54) is 154 Å². The Hall–Kier alpha value is -3.29. The second kappa shape index (κ2) is 59.1. The minimum absolute atomic E-state index is 0.231. The number of aliphatic hydroxyl groups excluding tert-OH is 11. The molecule has 3 aliphatic heterocycles. The van der Waals surface area contributed by atoms with E-state index in [4.69, 9.17) is 28.4 Å². The molecule has 98 heavy (non-hydrogen) atoms. The van der Waals surface area contributed by atoms with E-state index in [9.17, 15) is 61.0 Å². The molecule has 3 fully saturated rings. The maximum Gasteiger partial charge on any atom is 0.220 e. The number of ether oxygens (including phenoxy) is 6. The van der Waals surface area contributed by atoms with Crippen molar-refractivity contribution in [1.29, 1.82) is 0 Å². The second-order valence-corrected chi connectivity index (χ2v) is 27.1. The van der Waals surface area contributed by atoms with Crippen LogP contribution in [-0.2, 0) is 33.2 Å². The van der Waals surface area contributed by atoms with Crippen molar-refractivity contribution in [2.75, 3.05) is 26.4 Å². The van der Waals surface area contributed by atoms with Crippen molar-refractivity contribution in [3.05, 3.63) is 97.2 Å². The van der Waals surface area contributed by atoms with Gasteiger partial charge in [0.2, 0.25) is 5.91 Å². The molecule has 19 nitrogen and oxygen atoms in total. The molecule has 3 rings (SSSR count). The smallest absolute Gasteiger partial charge is 0.220 e. The van der Waals surface area contributed by atoms with Gasteiger partial charge in [0.05, 0.1) is 38.6 Å². The Balaban J connectivity index is 1.30. The fourth-order valence-electron chi connectivity index (χ4n) is 12.4.